The lowest BCUT2D eigenvalue weighted by Crippen LogP contribution is -2.31. The minimum absolute atomic E-state index is 0.249. The van der Waals surface area contributed by atoms with Gasteiger partial charge in [0, 0.05) is 7.05 Å². The van der Waals surface area contributed by atoms with E-state index in [1.807, 2.05) is 0 Å². The number of imide groups is 1. The number of nitrogens with zero attached hydrogens (tertiary/aromatic N) is 1. The molecule has 2 amide bonds. The number of rotatable bonds is 1. The normalized spacial score (nSPS) is 9.55. The highest BCUT2D eigenvalue weighted by atomic mass is 35.5. The zero-order valence-corrected chi connectivity index (χ0v) is 7.38. The Morgan fingerprint density at radius 1 is 1.45 bits per heavy atom. The van der Waals surface area contributed by atoms with Crippen LogP contribution >= 0.6 is 11.6 Å². The molecule has 0 aliphatic carbocycles. The molecule has 0 aromatic carbocycles. The van der Waals surface area contributed by atoms with Crippen LogP contribution in [-0.2, 0) is 4.74 Å². The second-order valence-corrected chi connectivity index (χ2v) is 2.57. The second kappa shape index (κ2) is 4.18. The molecule has 0 aromatic rings. The minimum Gasteiger partial charge on any atom is -0.446 e. The minimum atomic E-state index is -0.851. The summed E-state index contributed by atoms with van der Waals surface area (Å²) >= 11 is 4.99. The highest BCUT2D eigenvalue weighted by Crippen LogP contribution is 1.98. The summed E-state index contributed by atoms with van der Waals surface area (Å²) in [5.41, 5.74) is 0. The number of hydrogen-bond acceptors (Lipinski definition) is 3. The van der Waals surface area contributed by atoms with Crippen molar-refractivity contribution in [3.8, 4) is 0 Å². The Balaban J connectivity index is 3.93. The summed E-state index contributed by atoms with van der Waals surface area (Å²) in [6, 6.07) is 0. The van der Waals surface area contributed by atoms with Crippen molar-refractivity contribution in [2.24, 2.45) is 0 Å². The number of halogens is 1. The molecule has 5 heteroatoms. The molecule has 0 aliphatic heterocycles. The van der Waals surface area contributed by atoms with Crippen molar-refractivity contribution in [1.29, 1.82) is 0 Å². The van der Waals surface area contributed by atoms with Crippen LogP contribution in [0, 0.1) is 0 Å². The highest BCUT2D eigenvalue weighted by molar-refractivity contribution is 6.63. The largest absolute Gasteiger partial charge is 0.446 e. The Kier molecular flexibility index (Phi) is 3.89. The fourth-order valence-corrected chi connectivity index (χ4v) is 0.421. The van der Waals surface area contributed by atoms with Crippen LogP contribution < -0.4 is 0 Å². The van der Waals surface area contributed by atoms with Gasteiger partial charge in [-0.2, -0.15) is 0 Å². The standard InChI is InChI=1S/C6H10ClNO3/c1-4(2)11-6(10)8(3)5(7)9/h4H,1-3H3. The van der Waals surface area contributed by atoms with Crippen molar-refractivity contribution in [3.63, 3.8) is 0 Å². The van der Waals surface area contributed by atoms with E-state index in [0.29, 0.717) is 4.90 Å². The molecule has 0 N–H and O–H groups in total. The Hall–Kier alpha value is -0.770. The molecular formula is C6H10ClNO3. The molecule has 0 heterocycles. The summed E-state index contributed by atoms with van der Waals surface area (Å²) < 4.78 is 4.66. The summed E-state index contributed by atoms with van der Waals surface area (Å²) in [5.74, 6) is 0. The molecule has 0 bridgehead atoms. The smallest absolute Gasteiger partial charge is 0.417 e. The van der Waals surface area contributed by atoms with Gasteiger partial charge in [0.2, 0.25) is 0 Å². The third kappa shape index (κ3) is 3.83. The molecule has 0 fully saturated rings. The zero-order chi connectivity index (χ0) is 9.02. The van der Waals surface area contributed by atoms with Crippen LogP contribution in [0.1, 0.15) is 13.8 Å². The first-order valence-corrected chi connectivity index (χ1v) is 3.46. The number of hydrogen-bond donors (Lipinski definition) is 0. The van der Waals surface area contributed by atoms with E-state index in [2.05, 4.69) is 4.74 Å². The molecule has 0 spiro atoms. The van der Waals surface area contributed by atoms with Gasteiger partial charge >= 0.3 is 11.5 Å². The van der Waals surface area contributed by atoms with Crippen molar-refractivity contribution < 1.29 is 14.3 Å². The molecule has 0 aromatic heterocycles. The van der Waals surface area contributed by atoms with Gasteiger partial charge in [-0.1, -0.05) is 0 Å². The molecule has 0 saturated heterocycles. The molecule has 0 radical (unpaired) electrons. The Bertz CT molecular complexity index is 169. The summed E-state index contributed by atoms with van der Waals surface area (Å²) in [6.45, 7) is 3.37. The molecule has 0 unspecified atom stereocenters. The van der Waals surface area contributed by atoms with Gasteiger partial charge in [-0.25, -0.2) is 9.69 Å². The van der Waals surface area contributed by atoms with Crippen LogP contribution in [0.25, 0.3) is 0 Å². The third-order valence-corrected chi connectivity index (χ3v) is 1.13. The van der Waals surface area contributed by atoms with Gasteiger partial charge in [-0.15, -0.1) is 0 Å². The molecule has 64 valence electrons. The summed E-state index contributed by atoms with van der Waals surface area (Å²) in [5, 5.41) is -0.851. The SMILES string of the molecule is CC(C)OC(=O)N(C)C(=O)Cl. The second-order valence-electron chi connectivity index (χ2n) is 2.24. The first kappa shape index (κ1) is 10.2. The van der Waals surface area contributed by atoms with Gasteiger partial charge in [-0.3, -0.25) is 4.79 Å². The Labute approximate surface area is 70.1 Å². The summed E-state index contributed by atoms with van der Waals surface area (Å²) in [6.07, 6.45) is -0.985. The molecular weight excluding hydrogens is 170 g/mol. The third-order valence-electron chi connectivity index (χ3n) is 0.874. The lowest BCUT2D eigenvalue weighted by Gasteiger charge is -2.13. The number of carbonyl (C=O) groups is 2. The van der Waals surface area contributed by atoms with E-state index >= 15 is 0 Å². The molecule has 11 heavy (non-hydrogen) atoms. The van der Waals surface area contributed by atoms with Crippen LogP contribution in [0.3, 0.4) is 0 Å². The fraction of sp³-hybridized carbons (Fsp3) is 0.667. The first-order valence-electron chi connectivity index (χ1n) is 3.09. The average molecular weight is 180 g/mol. The quantitative estimate of drug-likeness (QED) is 0.456. The summed E-state index contributed by atoms with van der Waals surface area (Å²) in [4.78, 5) is 21.8. The fourth-order valence-electron chi connectivity index (χ4n) is 0.352. The maximum absolute atomic E-state index is 10.8. The van der Waals surface area contributed by atoms with Crippen molar-refractivity contribution in [2.45, 2.75) is 20.0 Å². The molecule has 0 saturated carbocycles. The van der Waals surface area contributed by atoms with Gasteiger partial charge in [0.1, 0.15) is 0 Å². The van der Waals surface area contributed by atoms with E-state index < -0.39 is 11.5 Å². The Morgan fingerprint density at radius 2 is 1.91 bits per heavy atom. The Morgan fingerprint density at radius 3 is 2.18 bits per heavy atom. The maximum Gasteiger partial charge on any atom is 0.417 e. The average Bonchev–Trinajstić information content (AvgIpc) is 1.84. The monoisotopic (exact) mass is 179 g/mol. The lowest BCUT2D eigenvalue weighted by atomic mass is 10.5. The van der Waals surface area contributed by atoms with Crippen molar-refractivity contribution in [3.05, 3.63) is 0 Å². The van der Waals surface area contributed by atoms with Crippen LogP contribution in [0.2, 0.25) is 0 Å². The molecule has 0 rings (SSSR count). The van der Waals surface area contributed by atoms with Crippen LogP contribution in [-0.4, -0.2) is 29.5 Å². The van der Waals surface area contributed by atoms with E-state index in [0.717, 1.165) is 0 Å². The number of carbonyl (C=O) groups excluding carboxylic acids is 2. The van der Waals surface area contributed by atoms with Gasteiger partial charge in [0.25, 0.3) is 0 Å². The molecule has 4 nitrogen and oxygen atoms in total. The number of ether oxygens (including phenoxy) is 1. The number of amides is 2. The summed E-state index contributed by atoms with van der Waals surface area (Å²) in [7, 11) is 1.25. The lowest BCUT2D eigenvalue weighted by molar-refractivity contribution is 0.0939. The van der Waals surface area contributed by atoms with E-state index in [1.165, 1.54) is 7.05 Å². The van der Waals surface area contributed by atoms with E-state index in [4.69, 9.17) is 11.6 Å². The van der Waals surface area contributed by atoms with Gasteiger partial charge in [-0.05, 0) is 25.4 Å². The predicted octanol–water partition coefficient (Wildman–Crippen LogP) is 1.82. The van der Waals surface area contributed by atoms with Crippen LogP contribution in [0.15, 0.2) is 0 Å². The maximum atomic E-state index is 10.8. The molecule has 0 atom stereocenters. The first-order chi connectivity index (χ1) is 4.95. The van der Waals surface area contributed by atoms with Gasteiger partial charge in [0.05, 0.1) is 6.10 Å². The highest BCUT2D eigenvalue weighted by Gasteiger charge is 2.16. The van der Waals surface area contributed by atoms with E-state index in [1.54, 1.807) is 13.8 Å². The van der Waals surface area contributed by atoms with Crippen LogP contribution in [0.4, 0.5) is 9.59 Å². The van der Waals surface area contributed by atoms with Crippen molar-refractivity contribution in [2.75, 3.05) is 7.05 Å². The van der Waals surface area contributed by atoms with Crippen LogP contribution in [0.5, 0.6) is 0 Å². The van der Waals surface area contributed by atoms with E-state index in [9.17, 15) is 9.59 Å². The molecule has 0 aliphatic rings. The van der Waals surface area contributed by atoms with Crippen molar-refractivity contribution >= 4 is 23.1 Å². The van der Waals surface area contributed by atoms with Gasteiger partial charge in [0.15, 0.2) is 0 Å². The van der Waals surface area contributed by atoms with Crippen molar-refractivity contribution in [1.82, 2.24) is 4.90 Å². The topological polar surface area (TPSA) is 46.6 Å². The predicted molar refractivity (Wildman–Crippen MR) is 40.6 cm³/mol. The zero-order valence-electron chi connectivity index (χ0n) is 6.63. The van der Waals surface area contributed by atoms with E-state index in [-0.39, 0.29) is 6.10 Å². The van der Waals surface area contributed by atoms with Gasteiger partial charge < -0.3 is 4.74 Å².